The Morgan fingerprint density at radius 3 is 3.00 bits per heavy atom. The van der Waals surface area contributed by atoms with Gasteiger partial charge in [-0.15, -0.1) is 5.10 Å². The number of hydrogen-bond donors (Lipinski definition) is 2. The van der Waals surface area contributed by atoms with Gasteiger partial charge in [0.15, 0.2) is 0 Å². The van der Waals surface area contributed by atoms with Gasteiger partial charge in [-0.05, 0) is 45.2 Å². The fourth-order valence-electron chi connectivity index (χ4n) is 3.26. The van der Waals surface area contributed by atoms with E-state index in [9.17, 15) is 0 Å². The second kappa shape index (κ2) is 6.54. The van der Waals surface area contributed by atoms with Gasteiger partial charge in [0.2, 0.25) is 5.95 Å². The number of aromatic amines is 1. The maximum Gasteiger partial charge on any atom is 0.244 e. The molecule has 0 radical (unpaired) electrons. The summed E-state index contributed by atoms with van der Waals surface area (Å²) in [7, 11) is 2.02. The van der Waals surface area contributed by atoms with E-state index in [-0.39, 0.29) is 0 Å². The van der Waals surface area contributed by atoms with E-state index < -0.39 is 0 Å². The minimum atomic E-state index is 0.489. The number of nitrogens with zero attached hydrogens (tertiary/aromatic N) is 3. The second-order valence-electron chi connectivity index (χ2n) is 5.92. The standard InChI is InChI=1S/C14H25N5O/c1-15-9-11-3-2-6-19(10-11)14-16-13(17-18-14)12-4-7-20-8-5-12/h11-12,15H,2-10H2,1H3,(H,16,17,18). The Morgan fingerprint density at radius 1 is 1.35 bits per heavy atom. The minimum Gasteiger partial charge on any atom is -0.381 e. The monoisotopic (exact) mass is 279 g/mol. The number of piperidine rings is 1. The molecule has 1 atom stereocenters. The van der Waals surface area contributed by atoms with Crippen LogP contribution in [0.2, 0.25) is 0 Å². The predicted molar refractivity (Wildman–Crippen MR) is 78.0 cm³/mol. The Labute approximate surface area is 120 Å². The SMILES string of the molecule is CNCC1CCCN(c2n[nH]c(C3CCOCC3)n2)C1. The molecule has 0 spiro atoms. The van der Waals surface area contributed by atoms with E-state index in [4.69, 9.17) is 9.72 Å². The van der Waals surface area contributed by atoms with E-state index in [0.29, 0.717) is 11.8 Å². The van der Waals surface area contributed by atoms with Crippen LogP contribution >= 0.6 is 0 Å². The molecule has 2 N–H and O–H groups in total. The van der Waals surface area contributed by atoms with Crippen LogP contribution in [0.5, 0.6) is 0 Å². The van der Waals surface area contributed by atoms with E-state index in [1.165, 1.54) is 12.8 Å². The lowest BCUT2D eigenvalue weighted by Crippen LogP contribution is -2.39. The summed E-state index contributed by atoms with van der Waals surface area (Å²) in [6, 6.07) is 0. The zero-order valence-electron chi connectivity index (χ0n) is 12.3. The predicted octanol–water partition coefficient (Wildman–Crippen LogP) is 1.13. The number of rotatable bonds is 4. The van der Waals surface area contributed by atoms with Gasteiger partial charge >= 0.3 is 0 Å². The van der Waals surface area contributed by atoms with Gasteiger partial charge in [0.1, 0.15) is 5.82 Å². The first-order valence-corrected chi connectivity index (χ1v) is 7.76. The minimum absolute atomic E-state index is 0.489. The van der Waals surface area contributed by atoms with Crippen LogP contribution in [-0.2, 0) is 4.74 Å². The summed E-state index contributed by atoms with van der Waals surface area (Å²) in [6.07, 6.45) is 4.64. The van der Waals surface area contributed by atoms with Crippen LogP contribution in [0.3, 0.4) is 0 Å². The first kappa shape index (κ1) is 13.8. The Hall–Kier alpha value is -1.14. The summed E-state index contributed by atoms with van der Waals surface area (Å²) in [5, 5.41) is 10.9. The Kier molecular flexibility index (Phi) is 4.52. The molecule has 20 heavy (non-hydrogen) atoms. The van der Waals surface area contributed by atoms with Crippen LogP contribution < -0.4 is 10.2 Å². The van der Waals surface area contributed by atoms with Crippen LogP contribution in [-0.4, -0.2) is 55.1 Å². The lowest BCUT2D eigenvalue weighted by molar-refractivity contribution is 0.0836. The maximum atomic E-state index is 5.41. The van der Waals surface area contributed by atoms with Gasteiger partial charge in [-0.3, -0.25) is 5.10 Å². The third-order valence-corrected chi connectivity index (χ3v) is 4.39. The van der Waals surface area contributed by atoms with Crippen molar-refractivity contribution in [2.75, 3.05) is 44.8 Å². The van der Waals surface area contributed by atoms with E-state index in [1.54, 1.807) is 0 Å². The highest BCUT2D eigenvalue weighted by Crippen LogP contribution is 2.26. The van der Waals surface area contributed by atoms with Gasteiger partial charge in [0.05, 0.1) is 0 Å². The zero-order valence-corrected chi connectivity index (χ0v) is 12.3. The quantitative estimate of drug-likeness (QED) is 0.865. The van der Waals surface area contributed by atoms with Crippen LogP contribution in [0.25, 0.3) is 0 Å². The van der Waals surface area contributed by atoms with Crippen molar-refractivity contribution in [2.24, 2.45) is 5.92 Å². The molecule has 0 aromatic carbocycles. The first-order chi connectivity index (χ1) is 9.86. The molecule has 1 aromatic rings. The molecule has 1 aromatic heterocycles. The lowest BCUT2D eigenvalue weighted by atomic mass is 9.98. The normalized spacial score (nSPS) is 25.1. The number of ether oxygens (including phenoxy) is 1. The van der Waals surface area contributed by atoms with Crippen LogP contribution in [0.1, 0.15) is 37.4 Å². The van der Waals surface area contributed by atoms with Crippen molar-refractivity contribution in [3.63, 3.8) is 0 Å². The van der Waals surface area contributed by atoms with Crippen molar-refractivity contribution in [3.8, 4) is 0 Å². The number of anilines is 1. The summed E-state index contributed by atoms with van der Waals surface area (Å²) < 4.78 is 5.41. The average Bonchev–Trinajstić information content (AvgIpc) is 2.99. The van der Waals surface area contributed by atoms with E-state index in [0.717, 1.165) is 57.5 Å². The van der Waals surface area contributed by atoms with Gasteiger partial charge in [-0.2, -0.15) is 4.98 Å². The number of hydrogen-bond acceptors (Lipinski definition) is 5. The summed E-state index contributed by atoms with van der Waals surface area (Å²) in [4.78, 5) is 7.06. The zero-order chi connectivity index (χ0) is 13.8. The van der Waals surface area contributed by atoms with E-state index in [1.807, 2.05) is 7.05 Å². The van der Waals surface area contributed by atoms with Crippen molar-refractivity contribution in [1.82, 2.24) is 20.5 Å². The highest BCUT2D eigenvalue weighted by molar-refractivity contribution is 5.30. The molecule has 3 rings (SSSR count). The number of aromatic nitrogens is 3. The van der Waals surface area contributed by atoms with Crippen LogP contribution in [0.4, 0.5) is 5.95 Å². The van der Waals surface area contributed by atoms with Crippen LogP contribution in [0, 0.1) is 5.92 Å². The average molecular weight is 279 g/mol. The van der Waals surface area contributed by atoms with Crippen molar-refractivity contribution in [2.45, 2.75) is 31.6 Å². The van der Waals surface area contributed by atoms with Gasteiger partial charge < -0.3 is 15.0 Å². The molecule has 3 heterocycles. The maximum absolute atomic E-state index is 5.41. The highest BCUT2D eigenvalue weighted by Gasteiger charge is 2.24. The van der Waals surface area contributed by atoms with Crippen molar-refractivity contribution < 1.29 is 4.74 Å². The number of H-pyrrole nitrogens is 1. The summed E-state index contributed by atoms with van der Waals surface area (Å²) in [5.74, 6) is 3.12. The fraction of sp³-hybridized carbons (Fsp3) is 0.857. The van der Waals surface area contributed by atoms with Crippen molar-refractivity contribution in [1.29, 1.82) is 0 Å². The number of nitrogens with one attached hydrogen (secondary N) is 2. The molecule has 0 bridgehead atoms. The molecule has 2 aliphatic heterocycles. The van der Waals surface area contributed by atoms with E-state index in [2.05, 4.69) is 20.4 Å². The molecule has 6 nitrogen and oxygen atoms in total. The lowest BCUT2D eigenvalue weighted by Gasteiger charge is -2.31. The molecule has 0 aliphatic carbocycles. The van der Waals surface area contributed by atoms with Gasteiger partial charge in [0.25, 0.3) is 0 Å². The summed E-state index contributed by atoms with van der Waals surface area (Å²) in [6.45, 7) is 4.90. The van der Waals surface area contributed by atoms with Crippen molar-refractivity contribution >= 4 is 5.95 Å². The smallest absolute Gasteiger partial charge is 0.244 e. The topological polar surface area (TPSA) is 66.1 Å². The van der Waals surface area contributed by atoms with Gasteiger partial charge in [-0.25, -0.2) is 0 Å². The molecule has 0 saturated carbocycles. The van der Waals surface area contributed by atoms with Gasteiger partial charge in [0, 0.05) is 32.2 Å². The second-order valence-corrected chi connectivity index (χ2v) is 5.92. The molecule has 2 saturated heterocycles. The molecule has 2 fully saturated rings. The van der Waals surface area contributed by atoms with Crippen LogP contribution in [0.15, 0.2) is 0 Å². The summed E-state index contributed by atoms with van der Waals surface area (Å²) >= 11 is 0. The summed E-state index contributed by atoms with van der Waals surface area (Å²) in [5.41, 5.74) is 0. The van der Waals surface area contributed by atoms with E-state index >= 15 is 0 Å². The molecule has 112 valence electrons. The Bertz CT molecular complexity index is 413. The molecule has 2 aliphatic rings. The molecule has 6 heteroatoms. The highest BCUT2D eigenvalue weighted by atomic mass is 16.5. The third-order valence-electron chi connectivity index (χ3n) is 4.39. The third kappa shape index (κ3) is 3.12. The fourth-order valence-corrected chi connectivity index (χ4v) is 3.26. The molecule has 1 unspecified atom stereocenters. The molecular weight excluding hydrogens is 254 g/mol. The van der Waals surface area contributed by atoms with Gasteiger partial charge in [-0.1, -0.05) is 0 Å². The Morgan fingerprint density at radius 2 is 2.20 bits per heavy atom. The Balaban J connectivity index is 1.63. The largest absolute Gasteiger partial charge is 0.381 e. The first-order valence-electron chi connectivity index (χ1n) is 7.76. The molecule has 0 amide bonds. The molecular formula is C14H25N5O. The van der Waals surface area contributed by atoms with Crippen molar-refractivity contribution in [3.05, 3.63) is 5.82 Å².